The molecule has 21 heavy (non-hydrogen) atoms. The fourth-order valence-electron chi connectivity index (χ4n) is 1.34. The van der Waals surface area contributed by atoms with Crippen LogP contribution in [0.3, 0.4) is 0 Å². The van der Waals surface area contributed by atoms with Gasteiger partial charge in [-0.05, 0) is 0 Å². The summed E-state index contributed by atoms with van der Waals surface area (Å²) in [5, 5.41) is 18.9. The average molecular weight is 306 g/mol. The molecule has 0 aliphatic rings. The summed E-state index contributed by atoms with van der Waals surface area (Å²) in [7, 11) is 0. The lowest BCUT2D eigenvalue weighted by atomic mass is 10.3. The van der Waals surface area contributed by atoms with Crippen molar-refractivity contribution in [2.24, 2.45) is 0 Å². The summed E-state index contributed by atoms with van der Waals surface area (Å²) >= 11 is 0. The molecule has 0 radical (unpaired) electrons. The van der Waals surface area contributed by atoms with Gasteiger partial charge in [-0.3, -0.25) is 9.59 Å². The van der Waals surface area contributed by atoms with Crippen LogP contribution in [-0.4, -0.2) is 46.2 Å². The van der Waals surface area contributed by atoms with Gasteiger partial charge in [0.25, 0.3) is 0 Å². The number of carbonyl (C=O) groups excluding carboxylic acids is 1. The van der Waals surface area contributed by atoms with Crippen LogP contribution in [0.1, 0.15) is 0 Å². The van der Waals surface area contributed by atoms with Crippen molar-refractivity contribution in [1.82, 2.24) is 4.90 Å². The number of hydrogen-bond donors (Lipinski definition) is 3. The zero-order valence-electron chi connectivity index (χ0n) is 10.3. The van der Waals surface area contributed by atoms with Gasteiger partial charge in [0.15, 0.2) is 11.6 Å². The molecule has 0 bridgehead atoms. The molecule has 7 nitrogen and oxygen atoms in total. The molecular formula is C11H9F3N2O5. The van der Waals surface area contributed by atoms with Gasteiger partial charge in [-0.15, -0.1) is 0 Å². The molecule has 1 aromatic rings. The van der Waals surface area contributed by atoms with Gasteiger partial charge < -0.3 is 20.4 Å². The van der Waals surface area contributed by atoms with Crippen LogP contribution in [-0.2, 0) is 9.59 Å². The number of anilines is 1. The van der Waals surface area contributed by atoms with Gasteiger partial charge in [0.05, 0.1) is 5.69 Å². The zero-order valence-corrected chi connectivity index (χ0v) is 10.3. The number of hydrogen-bond acceptors (Lipinski definition) is 3. The van der Waals surface area contributed by atoms with E-state index in [1.54, 1.807) is 5.32 Å². The summed E-state index contributed by atoms with van der Waals surface area (Å²) in [4.78, 5) is 33.0. The van der Waals surface area contributed by atoms with E-state index in [9.17, 15) is 27.6 Å². The first-order valence-electron chi connectivity index (χ1n) is 5.34. The second-order valence-electron chi connectivity index (χ2n) is 3.82. The lowest BCUT2D eigenvalue weighted by molar-refractivity contribution is -0.140. The normalized spacial score (nSPS) is 10.0. The minimum Gasteiger partial charge on any atom is -0.480 e. The number of carboxylic acids is 2. The van der Waals surface area contributed by atoms with E-state index in [-0.39, 0.29) is 6.07 Å². The fraction of sp³-hybridized carbons (Fsp3) is 0.182. The highest BCUT2D eigenvalue weighted by Crippen LogP contribution is 2.18. The van der Waals surface area contributed by atoms with Crippen molar-refractivity contribution in [2.45, 2.75) is 0 Å². The maximum Gasteiger partial charge on any atom is 0.323 e. The third-order valence-corrected chi connectivity index (χ3v) is 2.19. The van der Waals surface area contributed by atoms with Gasteiger partial charge in [0.1, 0.15) is 18.9 Å². The third kappa shape index (κ3) is 4.67. The minimum atomic E-state index is -1.50. The van der Waals surface area contributed by atoms with Crippen LogP contribution in [0, 0.1) is 17.5 Å². The quantitative estimate of drug-likeness (QED) is 0.706. The molecular weight excluding hydrogens is 297 g/mol. The number of carbonyl (C=O) groups is 3. The van der Waals surface area contributed by atoms with Crippen LogP contribution in [0.5, 0.6) is 0 Å². The Morgan fingerprint density at radius 2 is 1.43 bits per heavy atom. The second kappa shape index (κ2) is 6.59. The van der Waals surface area contributed by atoms with Crippen molar-refractivity contribution in [3.05, 3.63) is 29.6 Å². The monoisotopic (exact) mass is 306 g/mol. The van der Waals surface area contributed by atoms with Crippen molar-refractivity contribution < 1.29 is 37.8 Å². The van der Waals surface area contributed by atoms with E-state index in [0.29, 0.717) is 11.0 Å². The number of nitrogens with one attached hydrogen (secondary N) is 1. The third-order valence-electron chi connectivity index (χ3n) is 2.19. The molecule has 0 saturated carbocycles. The summed E-state index contributed by atoms with van der Waals surface area (Å²) in [6, 6.07) is -0.754. The van der Waals surface area contributed by atoms with E-state index < -0.39 is 54.2 Å². The molecule has 1 aromatic carbocycles. The molecule has 114 valence electrons. The van der Waals surface area contributed by atoms with E-state index in [0.717, 1.165) is 0 Å². The first-order valence-corrected chi connectivity index (χ1v) is 5.34. The number of urea groups is 1. The molecule has 0 aliphatic carbocycles. The van der Waals surface area contributed by atoms with E-state index in [4.69, 9.17) is 10.2 Å². The van der Waals surface area contributed by atoms with Gasteiger partial charge >= 0.3 is 18.0 Å². The molecule has 3 N–H and O–H groups in total. The highest BCUT2D eigenvalue weighted by Gasteiger charge is 2.21. The lowest BCUT2D eigenvalue weighted by Gasteiger charge is -2.19. The largest absolute Gasteiger partial charge is 0.480 e. The number of rotatable bonds is 5. The van der Waals surface area contributed by atoms with Crippen LogP contribution < -0.4 is 5.32 Å². The number of benzene rings is 1. The zero-order chi connectivity index (χ0) is 16.2. The number of nitrogens with zero attached hydrogens (tertiary/aromatic N) is 1. The molecule has 0 aliphatic heterocycles. The van der Waals surface area contributed by atoms with Crippen LogP contribution >= 0.6 is 0 Å². The molecule has 0 saturated heterocycles. The first-order chi connectivity index (χ1) is 9.70. The number of carboxylic acid groups (broad SMARTS) is 2. The number of amides is 2. The molecule has 0 atom stereocenters. The first kappa shape index (κ1) is 16.3. The predicted molar refractivity (Wildman–Crippen MR) is 62.2 cm³/mol. The SMILES string of the molecule is O=C(O)CN(CC(=O)O)C(=O)Nc1cc(F)c(F)cc1F. The summed E-state index contributed by atoms with van der Waals surface area (Å²) in [6.45, 7) is -1.94. The Kier molecular flexibility index (Phi) is 5.11. The summed E-state index contributed by atoms with van der Waals surface area (Å²) < 4.78 is 38.9. The molecule has 0 heterocycles. The molecule has 1 rings (SSSR count). The molecule has 0 aromatic heterocycles. The highest BCUT2D eigenvalue weighted by molar-refractivity contribution is 5.93. The van der Waals surface area contributed by atoms with Gasteiger partial charge in [0.2, 0.25) is 0 Å². The van der Waals surface area contributed by atoms with E-state index >= 15 is 0 Å². The summed E-state index contributed by atoms with van der Waals surface area (Å²) in [5.74, 6) is -7.21. The lowest BCUT2D eigenvalue weighted by Crippen LogP contribution is -2.42. The number of halogens is 3. The Morgan fingerprint density at radius 3 is 1.90 bits per heavy atom. The maximum absolute atomic E-state index is 13.3. The van der Waals surface area contributed by atoms with E-state index in [1.807, 2.05) is 0 Å². The topological polar surface area (TPSA) is 107 Å². The van der Waals surface area contributed by atoms with Crippen molar-refractivity contribution in [2.75, 3.05) is 18.4 Å². The molecule has 0 unspecified atom stereocenters. The van der Waals surface area contributed by atoms with Crippen LogP contribution in [0.15, 0.2) is 12.1 Å². The molecule has 2 amide bonds. The Hall–Kier alpha value is -2.78. The average Bonchev–Trinajstić information content (AvgIpc) is 2.33. The second-order valence-corrected chi connectivity index (χ2v) is 3.82. The fourth-order valence-corrected chi connectivity index (χ4v) is 1.34. The smallest absolute Gasteiger partial charge is 0.323 e. The Bertz CT molecular complexity index is 577. The molecule has 0 spiro atoms. The van der Waals surface area contributed by atoms with Crippen molar-refractivity contribution >= 4 is 23.7 Å². The van der Waals surface area contributed by atoms with E-state index in [1.165, 1.54) is 0 Å². The maximum atomic E-state index is 13.3. The summed E-state index contributed by atoms with van der Waals surface area (Å²) in [6.07, 6.45) is 0. The van der Waals surface area contributed by atoms with Crippen molar-refractivity contribution in [3.63, 3.8) is 0 Å². The van der Waals surface area contributed by atoms with Crippen LogP contribution in [0.25, 0.3) is 0 Å². The van der Waals surface area contributed by atoms with Crippen molar-refractivity contribution in [3.8, 4) is 0 Å². The highest BCUT2D eigenvalue weighted by atomic mass is 19.2. The van der Waals surface area contributed by atoms with E-state index in [2.05, 4.69) is 0 Å². The van der Waals surface area contributed by atoms with Gasteiger partial charge in [0, 0.05) is 12.1 Å². The molecule has 0 fully saturated rings. The predicted octanol–water partition coefficient (Wildman–Crippen LogP) is 1.11. The van der Waals surface area contributed by atoms with Crippen LogP contribution in [0.4, 0.5) is 23.7 Å². The van der Waals surface area contributed by atoms with Gasteiger partial charge in [-0.2, -0.15) is 0 Å². The standard InChI is InChI=1S/C11H9F3N2O5/c12-5-1-7(14)8(2-6(5)13)15-11(21)16(3-9(17)18)4-10(19)20/h1-2H,3-4H2,(H,15,21)(H,17,18)(H,19,20). The van der Waals surface area contributed by atoms with Gasteiger partial charge in [-0.1, -0.05) is 0 Å². The van der Waals surface area contributed by atoms with Crippen LogP contribution in [0.2, 0.25) is 0 Å². The minimum absolute atomic E-state index is 0.184. The van der Waals surface area contributed by atoms with Gasteiger partial charge in [-0.25, -0.2) is 18.0 Å². The molecule has 10 heteroatoms. The Labute approximate surface area is 115 Å². The van der Waals surface area contributed by atoms with Crippen molar-refractivity contribution in [1.29, 1.82) is 0 Å². The Morgan fingerprint density at radius 1 is 0.952 bits per heavy atom. The number of aliphatic carboxylic acids is 2. The Balaban J connectivity index is 2.93. The summed E-state index contributed by atoms with van der Waals surface area (Å²) in [5.41, 5.74) is -0.750.